The first-order valence-corrected chi connectivity index (χ1v) is 10.4. The molecule has 0 saturated carbocycles. The summed E-state index contributed by atoms with van der Waals surface area (Å²) in [5.74, 6) is 0.121. The summed E-state index contributed by atoms with van der Waals surface area (Å²) in [7, 11) is 1.56. The predicted molar refractivity (Wildman–Crippen MR) is 118 cm³/mol. The molecule has 0 amide bonds. The number of aromatic nitrogens is 3. The van der Waals surface area contributed by atoms with Crippen LogP contribution in [0.25, 0.3) is 16.6 Å². The van der Waals surface area contributed by atoms with Crippen molar-refractivity contribution < 1.29 is 14.3 Å². The minimum Gasteiger partial charge on any atom is -0.495 e. The molecule has 7 nitrogen and oxygen atoms in total. The molecule has 0 radical (unpaired) electrons. The second kappa shape index (κ2) is 9.01. The molecular formula is C23H19N3O4S. The van der Waals surface area contributed by atoms with Crippen LogP contribution in [0.4, 0.5) is 0 Å². The summed E-state index contributed by atoms with van der Waals surface area (Å²) in [6.07, 6.45) is 1.45. The summed E-state index contributed by atoms with van der Waals surface area (Å²) in [4.78, 5) is 34.3. The Morgan fingerprint density at radius 2 is 1.84 bits per heavy atom. The van der Waals surface area contributed by atoms with Crippen molar-refractivity contribution in [2.75, 3.05) is 13.7 Å². The Kier molecular flexibility index (Phi) is 5.99. The van der Waals surface area contributed by atoms with Gasteiger partial charge in [-0.05, 0) is 55.1 Å². The molecule has 31 heavy (non-hydrogen) atoms. The topological polar surface area (TPSA) is 83.3 Å². The summed E-state index contributed by atoms with van der Waals surface area (Å²) in [5, 5.41) is 1.52. The number of benzene rings is 2. The molecular weight excluding hydrogens is 414 g/mol. The van der Waals surface area contributed by atoms with Crippen LogP contribution in [0.2, 0.25) is 0 Å². The highest BCUT2D eigenvalue weighted by molar-refractivity contribution is 7.99. The summed E-state index contributed by atoms with van der Waals surface area (Å²) in [6, 6.07) is 17.8. The number of rotatable bonds is 6. The smallest absolute Gasteiger partial charge is 0.339 e. The van der Waals surface area contributed by atoms with Gasteiger partial charge in [-0.2, -0.15) is 0 Å². The molecule has 4 rings (SSSR count). The van der Waals surface area contributed by atoms with Gasteiger partial charge in [0.25, 0.3) is 5.56 Å². The number of pyridine rings is 1. The van der Waals surface area contributed by atoms with Gasteiger partial charge in [-0.3, -0.25) is 9.36 Å². The van der Waals surface area contributed by atoms with Crippen molar-refractivity contribution in [1.29, 1.82) is 0 Å². The van der Waals surface area contributed by atoms with Crippen LogP contribution in [0, 0.1) is 0 Å². The van der Waals surface area contributed by atoms with Gasteiger partial charge < -0.3 is 9.47 Å². The average Bonchev–Trinajstić information content (AvgIpc) is 2.80. The van der Waals surface area contributed by atoms with Crippen LogP contribution in [0.1, 0.15) is 17.3 Å². The first-order chi connectivity index (χ1) is 15.1. The molecule has 156 valence electrons. The summed E-state index contributed by atoms with van der Waals surface area (Å²) >= 11 is 1.22. The van der Waals surface area contributed by atoms with Gasteiger partial charge in [-0.25, -0.2) is 14.8 Å². The number of ether oxygens (including phenoxy) is 2. The van der Waals surface area contributed by atoms with Crippen LogP contribution in [0.3, 0.4) is 0 Å². The molecule has 4 aromatic rings. The van der Waals surface area contributed by atoms with Crippen LogP contribution in [-0.4, -0.2) is 34.2 Å². The van der Waals surface area contributed by atoms with E-state index in [1.807, 2.05) is 18.2 Å². The van der Waals surface area contributed by atoms with E-state index in [4.69, 9.17) is 14.5 Å². The van der Waals surface area contributed by atoms with Gasteiger partial charge in [-0.1, -0.05) is 24.3 Å². The Hall–Kier alpha value is -3.65. The Morgan fingerprint density at radius 3 is 2.58 bits per heavy atom. The van der Waals surface area contributed by atoms with E-state index in [9.17, 15) is 9.59 Å². The standard InChI is InChI=1S/C23H19N3O4S/c1-3-30-22(28)15-12-13-20(24-14-15)31-23-25-17-9-5-4-8-16(17)21(27)26(23)18-10-6-7-11-19(18)29-2/h4-14H,3H2,1-2H3. The first-order valence-electron chi connectivity index (χ1n) is 9.58. The SMILES string of the molecule is CCOC(=O)c1ccc(Sc2nc3ccccc3c(=O)n2-c2ccccc2OC)nc1. The lowest BCUT2D eigenvalue weighted by molar-refractivity contribution is 0.0525. The van der Waals surface area contributed by atoms with Crippen LogP contribution in [0.15, 0.2) is 81.8 Å². The van der Waals surface area contributed by atoms with Crippen molar-refractivity contribution in [2.24, 2.45) is 0 Å². The van der Waals surface area contributed by atoms with E-state index in [1.165, 1.54) is 22.5 Å². The maximum absolute atomic E-state index is 13.4. The molecule has 0 saturated heterocycles. The quantitative estimate of drug-likeness (QED) is 0.334. The molecule has 0 spiro atoms. The Bertz CT molecular complexity index is 1300. The summed E-state index contributed by atoms with van der Waals surface area (Å²) in [5.41, 5.74) is 1.32. The van der Waals surface area contributed by atoms with E-state index in [-0.39, 0.29) is 5.56 Å². The van der Waals surface area contributed by atoms with Crippen molar-refractivity contribution in [3.63, 3.8) is 0 Å². The number of methoxy groups -OCH3 is 1. The molecule has 8 heteroatoms. The number of carbonyl (C=O) groups is 1. The van der Waals surface area contributed by atoms with Gasteiger partial charge in [0.05, 0.1) is 35.9 Å². The fourth-order valence-electron chi connectivity index (χ4n) is 3.08. The number of nitrogens with zero attached hydrogens (tertiary/aromatic N) is 3. The lowest BCUT2D eigenvalue weighted by atomic mass is 10.2. The number of fused-ring (bicyclic) bond motifs is 1. The first kappa shape index (κ1) is 20.6. The highest BCUT2D eigenvalue weighted by Crippen LogP contribution is 2.30. The highest BCUT2D eigenvalue weighted by atomic mass is 32.2. The molecule has 0 fully saturated rings. The normalized spacial score (nSPS) is 10.8. The molecule has 0 bridgehead atoms. The third-order valence-corrected chi connectivity index (χ3v) is 5.42. The van der Waals surface area contributed by atoms with E-state index in [2.05, 4.69) is 4.98 Å². The monoisotopic (exact) mass is 433 g/mol. The third kappa shape index (κ3) is 4.15. The molecule has 0 aliphatic rings. The third-order valence-electron chi connectivity index (χ3n) is 4.51. The Balaban J connectivity index is 1.83. The average molecular weight is 433 g/mol. The van der Waals surface area contributed by atoms with E-state index in [0.717, 1.165) is 0 Å². The lowest BCUT2D eigenvalue weighted by Crippen LogP contribution is -2.22. The zero-order valence-corrected chi connectivity index (χ0v) is 17.8. The molecule has 2 heterocycles. The van der Waals surface area contributed by atoms with Crippen LogP contribution in [-0.2, 0) is 4.74 Å². The zero-order chi connectivity index (χ0) is 21.8. The van der Waals surface area contributed by atoms with Crippen molar-refractivity contribution in [3.8, 4) is 11.4 Å². The maximum Gasteiger partial charge on any atom is 0.339 e. The van der Waals surface area contributed by atoms with Gasteiger partial charge >= 0.3 is 5.97 Å². The van der Waals surface area contributed by atoms with Crippen LogP contribution in [0.5, 0.6) is 5.75 Å². The van der Waals surface area contributed by atoms with Gasteiger partial charge in [0.1, 0.15) is 10.8 Å². The fraction of sp³-hybridized carbons (Fsp3) is 0.130. The fourth-order valence-corrected chi connectivity index (χ4v) is 3.92. The van der Waals surface area contributed by atoms with Crippen LogP contribution >= 0.6 is 11.8 Å². The molecule has 2 aromatic heterocycles. The largest absolute Gasteiger partial charge is 0.495 e. The van der Waals surface area contributed by atoms with Crippen molar-refractivity contribution in [1.82, 2.24) is 14.5 Å². The number of carbonyl (C=O) groups excluding carboxylic acids is 1. The maximum atomic E-state index is 13.4. The van der Waals surface area contributed by atoms with Gasteiger partial charge in [0.15, 0.2) is 5.16 Å². The van der Waals surface area contributed by atoms with Gasteiger partial charge in [-0.15, -0.1) is 0 Å². The molecule has 0 aliphatic carbocycles. The second-order valence-corrected chi connectivity index (χ2v) is 7.42. The molecule has 2 aromatic carbocycles. The number of para-hydroxylation sites is 3. The number of hydrogen-bond acceptors (Lipinski definition) is 7. The zero-order valence-electron chi connectivity index (χ0n) is 16.9. The minimum absolute atomic E-state index is 0.208. The molecule has 0 unspecified atom stereocenters. The van der Waals surface area contributed by atoms with E-state index in [1.54, 1.807) is 56.5 Å². The Labute approximate surface area is 182 Å². The molecule has 0 N–H and O–H groups in total. The lowest BCUT2D eigenvalue weighted by Gasteiger charge is -2.15. The van der Waals surface area contributed by atoms with Crippen molar-refractivity contribution in [2.45, 2.75) is 17.1 Å². The van der Waals surface area contributed by atoms with E-state index < -0.39 is 5.97 Å². The van der Waals surface area contributed by atoms with Gasteiger partial charge in [0, 0.05) is 6.20 Å². The number of hydrogen-bond donors (Lipinski definition) is 0. The Morgan fingerprint density at radius 1 is 1.06 bits per heavy atom. The summed E-state index contributed by atoms with van der Waals surface area (Å²) in [6.45, 7) is 2.04. The van der Waals surface area contributed by atoms with Crippen molar-refractivity contribution in [3.05, 3.63) is 82.8 Å². The van der Waals surface area contributed by atoms with E-state index in [0.29, 0.717) is 44.7 Å². The number of esters is 1. The molecule has 0 aliphatic heterocycles. The predicted octanol–water partition coefficient (Wildman–Crippen LogP) is 4.12. The highest BCUT2D eigenvalue weighted by Gasteiger charge is 2.17. The second-order valence-electron chi connectivity index (χ2n) is 6.43. The summed E-state index contributed by atoms with van der Waals surface area (Å²) < 4.78 is 12.0. The molecule has 0 atom stereocenters. The minimum atomic E-state index is -0.429. The van der Waals surface area contributed by atoms with Crippen molar-refractivity contribution >= 4 is 28.6 Å². The van der Waals surface area contributed by atoms with Gasteiger partial charge in [0.2, 0.25) is 0 Å². The van der Waals surface area contributed by atoms with Crippen LogP contribution < -0.4 is 10.3 Å². The van der Waals surface area contributed by atoms with E-state index >= 15 is 0 Å².